The van der Waals surface area contributed by atoms with E-state index < -0.39 is 0 Å². The molecule has 1 rings (SSSR count). The highest BCUT2D eigenvalue weighted by Gasteiger charge is 2.05. The predicted octanol–water partition coefficient (Wildman–Crippen LogP) is 1.32. The number of amides is 2. The number of carbonyl (C=O) groups excluding carboxylic acids is 2. The zero-order valence-corrected chi connectivity index (χ0v) is 12.3. The van der Waals surface area contributed by atoms with Gasteiger partial charge in [0.1, 0.15) is 5.75 Å². The lowest BCUT2D eigenvalue weighted by molar-refractivity contribution is -0.124. The van der Waals surface area contributed by atoms with Crippen LogP contribution in [0.25, 0.3) is 0 Å². The van der Waals surface area contributed by atoms with Crippen LogP contribution < -0.4 is 15.4 Å². The van der Waals surface area contributed by atoms with E-state index in [2.05, 4.69) is 10.6 Å². The minimum Gasteiger partial charge on any atom is -0.483 e. The zero-order valence-electron chi connectivity index (χ0n) is 12.3. The van der Waals surface area contributed by atoms with E-state index in [1.165, 1.54) is 0 Å². The van der Waals surface area contributed by atoms with E-state index in [-0.39, 0.29) is 18.4 Å². The Labute approximate surface area is 119 Å². The summed E-state index contributed by atoms with van der Waals surface area (Å²) in [5, 5.41) is 5.37. The molecule has 0 bridgehead atoms. The summed E-state index contributed by atoms with van der Waals surface area (Å²) in [4.78, 5) is 22.6. The van der Waals surface area contributed by atoms with Crippen LogP contribution in [0.4, 0.5) is 0 Å². The Morgan fingerprint density at radius 3 is 2.40 bits per heavy atom. The van der Waals surface area contributed by atoms with Crippen LogP contribution in [-0.2, 0) is 9.59 Å². The van der Waals surface area contributed by atoms with E-state index in [1.54, 1.807) is 6.92 Å². The molecule has 0 heterocycles. The Hall–Kier alpha value is -2.04. The van der Waals surface area contributed by atoms with Crippen molar-refractivity contribution in [2.75, 3.05) is 19.7 Å². The van der Waals surface area contributed by atoms with Gasteiger partial charge in [0.15, 0.2) is 6.61 Å². The lowest BCUT2D eigenvalue weighted by Gasteiger charge is -2.11. The van der Waals surface area contributed by atoms with Gasteiger partial charge in [-0.25, -0.2) is 0 Å². The standard InChI is InChI=1S/C15H22N2O3/c1-4-14(18)16-8-9-17-15(19)10-20-13-7-5-6-11(2)12(13)3/h5-7H,4,8-10H2,1-3H3,(H,16,18)(H,17,19). The highest BCUT2D eigenvalue weighted by molar-refractivity contribution is 5.78. The number of hydrogen-bond acceptors (Lipinski definition) is 3. The highest BCUT2D eigenvalue weighted by atomic mass is 16.5. The van der Waals surface area contributed by atoms with Gasteiger partial charge in [-0.3, -0.25) is 9.59 Å². The Bertz CT molecular complexity index is 472. The quantitative estimate of drug-likeness (QED) is 0.739. The summed E-state index contributed by atoms with van der Waals surface area (Å²) in [6, 6.07) is 5.74. The summed E-state index contributed by atoms with van der Waals surface area (Å²) in [5.74, 6) is 0.502. The first kappa shape index (κ1) is 16.0. The summed E-state index contributed by atoms with van der Waals surface area (Å²) >= 11 is 0. The van der Waals surface area contributed by atoms with Gasteiger partial charge in [-0.05, 0) is 31.0 Å². The third-order valence-electron chi connectivity index (χ3n) is 3.00. The van der Waals surface area contributed by atoms with Gasteiger partial charge in [-0.15, -0.1) is 0 Å². The fraction of sp³-hybridized carbons (Fsp3) is 0.467. The van der Waals surface area contributed by atoms with Crippen LogP contribution in [0.15, 0.2) is 18.2 Å². The largest absolute Gasteiger partial charge is 0.483 e. The van der Waals surface area contributed by atoms with Crippen molar-refractivity contribution in [3.05, 3.63) is 29.3 Å². The molecule has 0 aliphatic heterocycles. The molecule has 0 spiro atoms. The molecule has 0 unspecified atom stereocenters. The summed E-state index contributed by atoms with van der Waals surface area (Å²) in [5.41, 5.74) is 2.17. The first-order valence-corrected chi connectivity index (χ1v) is 6.77. The maximum atomic E-state index is 11.6. The Morgan fingerprint density at radius 2 is 1.75 bits per heavy atom. The van der Waals surface area contributed by atoms with Crippen molar-refractivity contribution in [3.63, 3.8) is 0 Å². The number of nitrogens with one attached hydrogen (secondary N) is 2. The second-order valence-electron chi connectivity index (χ2n) is 4.54. The lowest BCUT2D eigenvalue weighted by atomic mass is 10.1. The third-order valence-corrected chi connectivity index (χ3v) is 3.00. The van der Waals surface area contributed by atoms with E-state index in [9.17, 15) is 9.59 Å². The van der Waals surface area contributed by atoms with Crippen molar-refractivity contribution >= 4 is 11.8 Å². The predicted molar refractivity (Wildman–Crippen MR) is 77.7 cm³/mol. The average molecular weight is 278 g/mol. The second kappa shape index (κ2) is 8.19. The molecule has 0 radical (unpaired) electrons. The molecular formula is C15H22N2O3. The van der Waals surface area contributed by atoms with Crippen LogP contribution in [0.5, 0.6) is 5.75 Å². The number of benzene rings is 1. The van der Waals surface area contributed by atoms with E-state index >= 15 is 0 Å². The zero-order chi connectivity index (χ0) is 15.0. The van der Waals surface area contributed by atoms with E-state index in [1.807, 2.05) is 32.0 Å². The SMILES string of the molecule is CCC(=O)NCCNC(=O)COc1cccc(C)c1C. The van der Waals surface area contributed by atoms with Crippen molar-refractivity contribution < 1.29 is 14.3 Å². The Kier molecular flexibility index (Phi) is 6.56. The molecule has 20 heavy (non-hydrogen) atoms. The molecule has 0 atom stereocenters. The Balaban J connectivity index is 2.26. The molecule has 5 nitrogen and oxygen atoms in total. The molecule has 110 valence electrons. The maximum absolute atomic E-state index is 11.6. The van der Waals surface area contributed by atoms with Gasteiger partial charge in [0, 0.05) is 19.5 Å². The molecule has 0 saturated carbocycles. The van der Waals surface area contributed by atoms with Gasteiger partial charge < -0.3 is 15.4 Å². The molecular weight excluding hydrogens is 256 g/mol. The summed E-state index contributed by atoms with van der Waals surface area (Å²) in [7, 11) is 0. The monoisotopic (exact) mass is 278 g/mol. The van der Waals surface area contributed by atoms with Crippen molar-refractivity contribution in [2.24, 2.45) is 0 Å². The van der Waals surface area contributed by atoms with Crippen LogP contribution in [-0.4, -0.2) is 31.5 Å². The first-order chi connectivity index (χ1) is 9.54. The van der Waals surface area contributed by atoms with Crippen LogP contribution in [0.1, 0.15) is 24.5 Å². The summed E-state index contributed by atoms with van der Waals surface area (Å²) in [6.07, 6.45) is 0.448. The van der Waals surface area contributed by atoms with Crippen molar-refractivity contribution in [3.8, 4) is 5.75 Å². The normalized spacial score (nSPS) is 9.95. The second-order valence-corrected chi connectivity index (χ2v) is 4.54. The Morgan fingerprint density at radius 1 is 1.10 bits per heavy atom. The van der Waals surface area contributed by atoms with Crippen LogP contribution >= 0.6 is 0 Å². The first-order valence-electron chi connectivity index (χ1n) is 6.77. The molecule has 2 amide bonds. The molecule has 1 aromatic carbocycles. The lowest BCUT2D eigenvalue weighted by Crippen LogP contribution is -2.36. The van der Waals surface area contributed by atoms with Gasteiger partial charge in [-0.2, -0.15) is 0 Å². The topological polar surface area (TPSA) is 67.4 Å². The van der Waals surface area contributed by atoms with Gasteiger partial charge in [0.25, 0.3) is 5.91 Å². The molecule has 0 aliphatic rings. The molecule has 5 heteroatoms. The minimum absolute atomic E-state index is 0.0218. The number of rotatable bonds is 7. The number of hydrogen-bond donors (Lipinski definition) is 2. The van der Waals surface area contributed by atoms with Crippen molar-refractivity contribution in [1.82, 2.24) is 10.6 Å². The van der Waals surface area contributed by atoms with Crippen LogP contribution in [0.2, 0.25) is 0 Å². The van der Waals surface area contributed by atoms with E-state index in [4.69, 9.17) is 4.74 Å². The smallest absolute Gasteiger partial charge is 0.258 e. The highest BCUT2D eigenvalue weighted by Crippen LogP contribution is 2.20. The number of carbonyl (C=O) groups is 2. The maximum Gasteiger partial charge on any atom is 0.258 e. The fourth-order valence-corrected chi connectivity index (χ4v) is 1.60. The molecule has 0 saturated heterocycles. The van der Waals surface area contributed by atoms with Gasteiger partial charge >= 0.3 is 0 Å². The minimum atomic E-state index is -0.198. The van der Waals surface area contributed by atoms with Gasteiger partial charge in [0.2, 0.25) is 5.91 Å². The average Bonchev–Trinajstić information content (AvgIpc) is 2.44. The van der Waals surface area contributed by atoms with Crippen molar-refractivity contribution in [2.45, 2.75) is 27.2 Å². The third kappa shape index (κ3) is 5.30. The number of aryl methyl sites for hydroxylation is 1. The molecule has 2 N–H and O–H groups in total. The van der Waals surface area contributed by atoms with Crippen LogP contribution in [0.3, 0.4) is 0 Å². The van der Waals surface area contributed by atoms with Gasteiger partial charge in [0.05, 0.1) is 0 Å². The van der Waals surface area contributed by atoms with Crippen LogP contribution in [0, 0.1) is 13.8 Å². The van der Waals surface area contributed by atoms with E-state index in [0.29, 0.717) is 19.5 Å². The fourth-order valence-electron chi connectivity index (χ4n) is 1.60. The summed E-state index contributed by atoms with van der Waals surface area (Å²) in [6.45, 7) is 6.56. The van der Waals surface area contributed by atoms with E-state index in [0.717, 1.165) is 16.9 Å². The van der Waals surface area contributed by atoms with Crippen molar-refractivity contribution in [1.29, 1.82) is 0 Å². The molecule has 1 aromatic rings. The number of ether oxygens (including phenoxy) is 1. The van der Waals surface area contributed by atoms with Gasteiger partial charge in [-0.1, -0.05) is 19.1 Å². The molecule has 0 aliphatic carbocycles. The molecule has 0 fully saturated rings. The summed E-state index contributed by atoms with van der Waals surface area (Å²) < 4.78 is 5.48. The molecule has 0 aromatic heterocycles.